The Balaban J connectivity index is 1.89. The van der Waals surface area contributed by atoms with Gasteiger partial charge in [-0.1, -0.05) is 0 Å². The van der Waals surface area contributed by atoms with Crippen LogP contribution in [0.1, 0.15) is 18.9 Å². The van der Waals surface area contributed by atoms with Gasteiger partial charge in [-0.15, -0.1) is 0 Å². The summed E-state index contributed by atoms with van der Waals surface area (Å²) >= 11 is 0. The lowest BCUT2D eigenvalue weighted by Gasteiger charge is -2.19. The molecule has 0 amide bonds. The quantitative estimate of drug-likeness (QED) is 0.580. The van der Waals surface area contributed by atoms with Gasteiger partial charge in [-0.2, -0.15) is 4.68 Å². The number of rotatable bonds is 4. The molecule has 4 rings (SSSR count). The van der Waals surface area contributed by atoms with Gasteiger partial charge < -0.3 is 21.0 Å². The first-order valence-electron chi connectivity index (χ1n) is 8.55. The van der Waals surface area contributed by atoms with E-state index in [1.807, 2.05) is 0 Å². The lowest BCUT2D eigenvalue weighted by atomic mass is 9.98. The molecule has 1 saturated carbocycles. The second-order valence-corrected chi connectivity index (χ2v) is 7.01. The van der Waals surface area contributed by atoms with Gasteiger partial charge in [-0.3, -0.25) is 9.36 Å². The third kappa shape index (κ3) is 2.48. The minimum absolute atomic E-state index is 0.00914. The molecule has 0 unspecified atom stereocenters. The average molecular weight is 365 g/mol. The van der Waals surface area contributed by atoms with E-state index in [0.717, 1.165) is 18.9 Å². The number of pyridine rings is 1. The molecule has 3 heterocycles. The van der Waals surface area contributed by atoms with Crippen molar-refractivity contribution in [2.45, 2.75) is 18.9 Å². The molecule has 2 aliphatic rings. The van der Waals surface area contributed by atoms with Crippen LogP contribution in [0.5, 0.6) is 0 Å². The van der Waals surface area contributed by atoms with Gasteiger partial charge in [0, 0.05) is 44.2 Å². The Morgan fingerprint density at radius 3 is 2.35 bits per heavy atom. The molecule has 2 aromatic heterocycles. The summed E-state index contributed by atoms with van der Waals surface area (Å²) in [7, 11) is 0. The zero-order valence-corrected chi connectivity index (χ0v) is 14.0. The third-order valence-electron chi connectivity index (χ3n) is 5.28. The number of nitrogens with two attached hydrogens (primary N) is 1. The molecule has 2 aromatic rings. The summed E-state index contributed by atoms with van der Waals surface area (Å²) in [5.74, 6) is 4.47. The van der Waals surface area contributed by atoms with Gasteiger partial charge in [-0.05, 0) is 18.9 Å². The molecular weight excluding hydrogens is 345 g/mol. The second-order valence-electron chi connectivity index (χ2n) is 7.01. The molecule has 10 heteroatoms. The number of aliphatic hydroxyl groups excluding tert-OH is 2. The predicted molar refractivity (Wildman–Crippen MR) is 92.0 cm³/mol. The molecule has 1 saturated heterocycles. The molecule has 1 aliphatic carbocycles. The zero-order chi connectivity index (χ0) is 18.6. The molecule has 2 fully saturated rings. The number of hydrogen-bond acceptors (Lipinski definition) is 7. The lowest BCUT2D eigenvalue weighted by Crippen LogP contribution is -2.45. The Kier molecular flexibility index (Phi) is 3.96. The molecule has 9 nitrogen and oxygen atoms in total. The summed E-state index contributed by atoms with van der Waals surface area (Å²) in [6.45, 7) is 0.417. The van der Waals surface area contributed by atoms with Gasteiger partial charge >= 0.3 is 5.69 Å². The van der Waals surface area contributed by atoms with Crippen molar-refractivity contribution in [1.29, 1.82) is 0 Å². The summed E-state index contributed by atoms with van der Waals surface area (Å²) in [6, 6.07) is 0.960. The minimum Gasteiger partial charge on any atom is -0.396 e. The summed E-state index contributed by atoms with van der Waals surface area (Å²) in [6.07, 6.45) is 1.54. The Hall–Kier alpha value is -2.46. The van der Waals surface area contributed by atoms with Crippen molar-refractivity contribution in [3.8, 4) is 0 Å². The maximum atomic E-state index is 14.7. The number of nitrogens with zero attached hydrogens (tertiary/aromatic N) is 4. The standard InChI is InChI=1S/C16H20FN5O4/c17-12-3-11-13(21(10-1-2-10)16(26)22(18)15(11)25)19-14(12)20-4-8(6-23)9(5-20)7-24/h3,8-10,23-24H,1-2,4-7,18H2/t8-,9-/m0/s1. The highest BCUT2D eigenvalue weighted by atomic mass is 19.1. The average Bonchev–Trinajstić information content (AvgIpc) is 3.38. The normalized spacial score (nSPS) is 23.1. The first-order valence-corrected chi connectivity index (χ1v) is 8.55. The maximum absolute atomic E-state index is 14.7. The van der Waals surface area contributed by atoms with Crippen LogP contribution in [0.15, 0.2) is 15.7 Å². The number of halogens is 1. The molecule has 2 atom stereocenters. The number of fused-ring (bicyclic) bond motifs is 1. The maximum Gasteiger partial charge on any atom is 0.351 e. The summed E-state index contributed by atoms with van der Waals surface area (Å²) in [4.78, 5) is 30.6. The van der Waals surface area contributed by atoms with Crippen LogP contribution < -0.4 is 22.0 Å². The summed E-state index contributed by atoms with van der Waals surface area (Å²) in [5, 5.41) is 18.8. The van der Waals surface area contributed by atoms with Gasteiger partial charge in [0.2, 0.25) is 0 Å². The molecular formula is C16H20FN5O4. The Bertz CT molecular complexity index is 971. The van der Waals surface area contributed by atoms with Gasteiger partial charge in [-0.25, -0.2) is 14.2 Å². The fourth-order valence-electron chi connectivity index (χ4n) is 3.64. The van der Waals surface area contributed by atoms with Gasteiger partial charge in [0.25, 0.3) is 5.56 Å². The molecule has 0 radical (unpaired) electrons. The topological polar surface area (TPSA) is 127 Å². The molecule has 1 aliphatic heterocycles. The Labute approximate surface area is 147 Å². The van der Waals surface area contributed by atoms with E-state index in [-0.39, 0.29) is 47.9 Å². The van der Waals surface area contributed by atoms with E-state index in [4.69, 9.17) is 5.84 Å². The second kappa shape index (κ2) is 6.06. The number of anilines is 1. The van der Waals surface area contributed by atoms with E-state index in [1.165, 1.54) is 4.57 Å². The lowest BCUT2D eigenvalue weighted by molar-refractivity contribution is 0.152. The first kappa shape index (κ1) is 17.0. The van der Waals surface area contributed by atoms with E-state index in [2.05, 4.69) is 4.98 Å². The highest BCUT2D eigenvalue weighted by Gasteiger charge is 2.35. The highest BCUT2D eigenvalue weighted by Crippen LogP contribution is 2.36. The Morgan fingerprint density at radius 1 is 1.19 bits per heavy atom. The molecule has 26 heavy (non-hydrogen) atoms. The number of aliphatic hydroxyl groups is 2. The molecule has 0 bridgehead atoms. The van der Waals surface area contributed by atoms with Crippen LogP contribution >= 0.6 is 0 Å². The third-order valence-corrected chi connectivity index (χ3v) is 5.28. The van der Waals surface area contributed by atoms with E-state index in [9.17, 15) is 24.2 Å². The minimum atomic E-state index is -0.789. The monoisotopic (exact) mass is 365 g/mol. The van der Waals surface area contributed by atoms with Gasteiger partial charge in [0.1, 0.15) is 0 Å². The van der Waals surface area contributed by atoms with E-state index in [0.29, 0.717) is 17.8 Å². The van der Waals surface area contributed by atoms with Gasteiger partial charge in [0.15, 0.2) is 17.3 Å². The fraction of sp³-hybridized carbons (Fsp3) is 0.562. The van der Waals surface area contributed by atoms with Crippen molar-refractivity contribution in [1.82, 2.24) is 14.2 Å². The van der Waals surface area contributed by atoms with Gasteiger partial charge in [0.05, 0.1) is 5.39 Å². The van der Waals surface area contributed by atoms with Crippen LogP contribution in [0.4, 0.5) is 10.2 Å². The smallest absolute Gasteiger partial charge is 0.351 e. The van der Waals surface area contributed by atoms with E-state index < -0.39 is 17.1 Å². The zero-order valence-electron chi connectivity index (χ0n) is 14.0. The molecule has 0 aromatic carbocycles. The van der Waals surface area contributed by atoms with Crippen LogP contribution in [0, 0.1) is 17.7 Å². The number of aromatic nitrogens is 3. The van der Waals surface area contributed by atoms with E-state index >= 15 is 0 Å². The summed E-state index contributed by atoms with van der Waals surface area (Å²) in [5.41, 5.74) is -1.34. The van der Waals surface area contributed by atoms with Crippen molar-refractivity contribution < 1.29 is 14.6 Å². The van der Waals surface area contributed by atoms with Crippen molar-refractivity contribution >= 4 is 16.9 Å². The van der Waals surface area contributed by atoms with Crippen molar-refractivity contribution in [2.24, 2.45) is 11.8 Å². The molecule has 140 valence electrons. The molecule has 0 spiro atoms. The van der Waals surface area contributed by atoms with Crippen LogP contribution in [0.25, 0.3) is 11.0 Å². The van der Waals surface area contributed by atoms with Crippen molar-refractivity contribution in [2.75, 3.05) is 37.0 Å². The van der Waals surface area contributed by atoms with Crippen molar-refractivity contribution in [3.05, 3.63) is 32.7 Å². The van der Waals surface area contributed by atoms with Crippen LogP contribution in [-0.4, -0.2) is 50.7 Å². The van der Waals surface area contributed by atoms with Crippen LogP contribution in [0.3, 0.4) is 0 Å². The SMILES string of the molecule is Nn1c(=O)c2cc(F)c(N3C[C@@H](CO)[C@H](CO)C3)nc2n(C2CC2)c1=O. The van der Waals surface area contributed by atoms with Crippen LogP contribution in [-0.2, 0) is 0 Å². The molecule has 4 N–H and O–H groups in total. The van der Waals surface area contributed by atoms with Crippen LogP contribution in [0.2, 0.25) is 0 Å². The predicted octanol–water partition coefficient (Wildman–Crippen LogP) is -1.22. The first-order chi connectivity index (χ1) is 12.5. The number of nitrogen functional groups attached to an aromatic ring is 1. The highest BCUT2D eigenvalue weighted by molar-refractivity contribution is 5.77. The fourth-order valence-corrected chi connectivity index (χ4v) is 3.64. The van der Waals surface area contributed by atoms with Crippen molar-refractivity contribution in [3.63, 3.8) is 0 Å². The van der Waals surface area contributed by atoms with E-state index in [1.54, 1.807) is 4.90 Å². The largest absolute Gasteiger partial charge is 0.396 e. The number of hydrogen-bond donors (Lipinski definition) is 3. The summed E-state index contributed by atoms with van der Waals surface area (Å²) < 4.78 is 16.5. The Morgan fingerprint density at radius 2 is 1.81 bits per heavy atom.